The van der Waals surface area contributed by atoms with Crippen molar-refractivity contribution in [2.75, 3.05) is 24.7 Å². The summed E-state index contributed by atoms with van der Waals surface area (Å²) in [6.45, 7) is 6.41. The summed E-state index contributed by atoms with van der Waals surface area (Å²) in [5.74, 6) is 2.60. The van der Waals surface area contributed by atoms with Gasteiger partial charge in [-0.2, -0.15) is 0 Å². The Morgan fingerprint density at radius 1 is 0.914 bits per heavy atom. The van der Waals surface area contributed by atoms with Crippen LogP contribution in [-0.2, 0) is 17.8 Å². The van der Waals surface area contributed by atoms with Crippen LogP contribution in [-0.4, -0.2) is 35.2 Å². The molecule has 2 heterocycles. The summed E-state index contributed by atoms with van der Waals surface area (Å²) < 4.78 is 14.0. The number of benzene rings is 3. The Morgan fingerprint density at radius 2 is 1.63 bits per heavy atom. The number of fused-ring (bicyclic) bond motifs is 1. The molecule has 1 aromatic heterocycles. The molecule has 6 nitrogen and oxygen atoms in total. The van der Waals surface area contributed by atoms with E-state index in [2.05, 4.69) is 23.6 Å². The van der Waals surface area contributed by atoms with E-state index in [0.717, 1.165) is 40.5 Å². The molecule has 35 heavy (non-hydrogen) atoms. The summed E-state index contributed by atoms with van der Waals surface area (Å²) in [5, 5.41) is 0. The lowest BCUT2D eigenvalue weighted by Crippen LogP contribution is -2.25. The standard InChI is InChI=1S/C29H31N3O3/c1-3-21-11-5-7-13-24(21)32-20-22(19-28(32)33)29-30-23-12-6-8-14-25(23)31(29)17-18-35-27-16-10-9-15-26(27)34-4-2/h5-16,22H,3-4,17-20H2,1-2H3. The largest absolute Gasteiger partial charge is 0.490 e. The van der Waals surface area contributed by atoms with Gasteiger partial charge >= 0.3 is 0 Å². The molecule has 5 rings (SSSR count). The second-order valence-electron chi connectivity index (χ2n) is 8.73. The van der Waals surface area contributed by atoms with Crippen LogP contribution < -0.4 is 14.4 Å². The maximum Gasteiger partial charge on any atom is 0.227 e. The summed E-state index contributed by atoms with van der Waals surface area (Å²) in [7, 11) is 0. The SMILES string of the molecule is CCOc1ccccc1OCCn1c(C2CC(=O)N(c3ccccc3CC)C2)nc2ccccc21. The monoisotopic (exact) mass is 469 g/mol. The van der Waals surface area contributed by atoms with E-state index < -0.39 is 0 Å². The van der Waals surface area contributed by atoms with Crippen molar-refractivity contribution in [3.05, 3.63) is 84.2 Å². The highest BCUT2D eigenvalue weighted by Gasteiger charge is 2.35. The zero-order valence-corrected chi connectivity index (χ0v) is 20.3. The van der Waals surface area contributed by atoms with E-state index in [1.165, 1.54) is 5.56 Å². The first-order valence-electron chi connectivity index (χ1n) is 12.4. The van der Waals surface area contributed by atoms with Crippen molar-refractivity contribution in [2.24, 2.45) is 0 Å². The molecular weight excluding hydrogens is 438 g/mol. The number of ether oxygens (including phenoxy) is 2. The molecule has 0 spiro atoms. The highest BCUT2D eigenvalue weighted by Crippen LogP contribution is 2.35. The second kappa shape index (κ2) is 10.2. The highest BCUT2D eigenvalue weighted by atomic mass is 16.5. The third kappa shape index (κ3) is 4.61. The third-order valence-electron chi connectivity index (χ3n) is 6.56. The number of hydrogen-bond acceptors (Lipinski definition) is 4. The van der Waals surface area contributed by atoms with Crippen LogP contribution in [0.5, 0.6) is 11.5 Å². The number of aryl methyl sites for hydroxylation is 1. The first-order valence-corrected chi connectivity index (χ1v) is 12.4. The molecule has 1 fully saturated rings. The topological polar surface area (TPSA) is 56.6 Å². The summed E-state index contributed by atoms with van der Waals surface area (Å²) in [6, 6.07) is 24.1. The minimum atomic E-state index is 0.0236. The molecule has 0 bridgehead atoms. The minimum absolute atomic E-state index is 0.0236. The average Bonchev–Trinajstić information content (AvgIpc) is 3.45. The number of nitrogens with zero attached hydrogens (tertiary/aromatic N) is 3. The van der Waals surface area contributed by atoms with Crippen molar-refractivity contribution >= 4 is 22.6 Å². The van der Waals surface area contributed by atoms with Crippen LogP contribution in [0.15, 0.2) is 72.8 Å². The van der Waals surface area contributed by atoms with Gasteiger partial charge in [-0.25, -0.2) is 4.98 Å². The number of hydrogen-bond donors (Lipinski definition) is 0. The van der Waals surface area contributed by atoms with Gasteiger partial charge in [-0.1, -0.05) is 49.4 Å². The quantitative estimate of drug-likeness (QED) is 0.320. The molecule has 3 aromatic carbocycles. The van der Waals surface area contributed by atoms with Crippen LogP contribution in [0.25, 0.3) is 11.0 Å². The molecule has 1 unspecified atom stereocenters. The third-order valence-corrected chi connectivity index (χ3v) is 6.56. The van der Waals surface area contributed by atoms with Gasteiger partial charge in [-0.3, -0.25) is 4.79 Å². The maximum atomic E-state index is 13.1. The van der Waals surface area contributed by atoms with Crippen LogP contribution in [0, 0.1) is 0 Å². The van der Waals surface area contributed by atoms with Crippen molar-refractivity contribution in [1.82, 2.24) is 9.55 Å². The van der Waals surface area contributed by atoms with E-state index in [1.54, 1.807) is 0 Å². The highest BCUT2D eigenvalue weighted by molar-refractivity contribution is 5.97. The van der Waals surface area contributed by atoms with E-state index in [0.29, 0.717) is 32.7 Å². The van der Waals surface area contributed by atoms with Crippen molar-refractivity contribution in [3.63, 3.8) is 0 Å². The van der Waals surface area contributed by atoms with Gasteiger partial charge in [0.15, 0.2) is 11.5 Å². The molecule has 1 aliphatic rings. The summed E-state index contributed by atoms with van der Waals surface area (Å²) >= 11 is 0. The van der Waals surface area contributed by atoms with E-state index in [-0.39, 0.29) is 11.8 Å². The Balaban J connectivity index is 1.40. The molecule has 180 valence electrons. The number of imidazole rings is 1. The van der Waals surface area contributed by atoms with Crippen LogP contribution in [0.1, 0.15) is 37.6 Å². The fourth-order valence-electron chi connectivity index (χ4n) is 4.92. The van der Waals surface area contributed by atoms with Crippen molar-refractivity contribution in [2.45, 2.75) is 39.2 Å². The van der Waals surface area contributed by atoms with Gasteiger partial charge in [-0.15, -0.1) is 0 Å². The number of para-hydroxylation sites is 5. The second-order valence-corrected chi connectivity index (χ2v) is 8.73. The predicted molar refractivity (Wildman–Crippen MR) is 138 cm³/mol. The van der Waals surface area contributed by atoms with E-state index in [1.807, 2.05) is 72.5 Å². The Morgan fingerprint density at radius 3 is 2.43 bits per heavy atom. The Bertz CT molecular complexity index is 1330. The summed E-state index contributed by atoms with van der Waals surface area (Å²) in [5.41, 5.74) is 4.21. The molecule has 0 radical (unpaired) electrons. The fraction of sp³-hybridized carbons (Fsp3) is 0.310. The Hall–Kier alpha value is -3.80. The summed E-state index contributed by atoms with van der Waals surface area (Å²) in [6.07, 6.45) is 1.35. The number of aromatic nitrogens is 2. The predicted octanol–water partition coefficient (Wildman–Crippen LogP) is 5.60. The van der Waals surface area contributed by atoms with Crippen LogP contribution >= 0.6 is 0 Å². The van der Waals surface area contributed by atoms with E-state index in [4.69, 9.17) is 14.5 Å². The Labute approximate surface area is 206 Å². The van der Waals surface area contributed by atoms with E-state index in [9.17, 15) is 4.79 Å². The lowest BCUT2D eigenvalue weighted by atomic mass is 10.1. The smallest absolute Gasteiger partial charge is 0.227 e. The van der Waals surface area contributed by atoms with Gasteiger partial charge in [0.25, 0.3) is 0 Å². The molecule has 0 saturated carbocycles. The molecule has 0 aliphatic carbocycles. The van der Waals surface area contributed by atoms with Crippen LogP contribution in [0.2, 0.25) is 0 Å². The molecule has 0 N–H and O–H groups in total. The fourth-order valence-corrected chi connectivity index (χ4v) is 4.92. The number of rotatable bonds is 9. The van der Waals surface area contributed by atoms with Crippen molar-refractivity contribution in [1.29, 1.82) is 0 Å². The van der Waals surface area contributed by atoms with Crippen molar-refractivity contribution < 1.29 is 14.3 Å². The molecular formula is C29H31N3O3. The molecule has 1 aliphatic heterocycles. The van der Waals surface area contributed by atoms with Gasteiger partial charge in [-0.05, 0) is 49.2 Å². The first kappa shape index (κ1) is 23.0. The number of carbonyl (C=O) groups excluding carboxylic acids is 1. The van der Waals surface area contributed by atoms with Gasteiger partial charge in [0.2, 0.25) is 5.91 Å². The number of carbonyl (C=O) groups is 1. The average molecular weight is 470 g/mol. The van der Waals surface area contributed by atoms with Gasteiger partial charge in [0.05, 0.1) is 24.2 Å². The lowest BCUT2D eigenvalue weighted by Gasteiger charge is -2.20. The Kier molecular flexibility index (Phi) is 6.70. The van der Waals surface area contributed by atoms with Crippen LogP contribution in [0.3, 0.4) is 0 Å². The molecule has 1 saturated heterocycles. The maximum absolute atomic E-state index is 13.1. The molecule has 1 atom stereocenters. The summed E-state index contributed by atoms with van der Waals surface area (Å²) in [4.78, 5) is 20.0. The zero-order chi connectivity index (χ0) is 24.2. The van der Waals surface area contributed by atoms with Crippen molar-refractivity contribution in [3.8, 4) is 11.5 Å². The first-order chi connectivity index (χ1) is 17.2. The van der Waals surface area contributed by atoms with Gasteiger partial charge in [0.1, 0.15) is 12.4 Å². The van der Waals surface area contributed by atoms with Crippen LogP contribution in [0.4, 0.5) is 5.69 Å². The zero-order valence-electron chi connectivity index (χ0n) is 20.3. The van der Waals surface area contributed by atoms with E-state index >= 15 is 0 Å². The normalized spacial score (nSPS) is 15.7. The molecule has 4 aromatic rings. The molecule has 6 heteroatoms. The molecule has 1 amide bonds. The van der Waals surface area contributed by atoms with Gasteiger partial charge < -0.3 is 18.9 Å². The number of anilines is 1. The van der Waals surface area contributed by atoms with Gasteiger partial charge in [0, 0.05) is 24.6 Å². The number of amides is 1. The minimum Gasteiger partial charge on any atom is -0.490 e. The lowest BCUT2D eigenvalue weighted by molar-refractivity contribution is -0.117.